The molecule has 100 valence electrons. The maximum atomic E-state index is 10.6. The van der Waals surface area contributed by atoms with Crippen molar-refractivity contribution in [1.82, 2.24) is 5.32 Å². The molecule has 0 spiro atoms. The molecular weight excluding hydrogens is 284 g/mol. The zero-order valence-corrected chi connectivity index (χ0v) is 11.9. The van der Waals surface area contributed by atoms with Crippen LogP contribution in [0.15, 0.2) is 35.7 Å². The smallest absolute Gasteiger partial charge is 0.306 e. The van der Waals surface area contributed by atoms with E-state index in [-0.39, 0.29) is 16.0 Å². The number of nitrogens with one attached hydrogen (secondary N) is 1. The van der Waals surface area contributed by atoms with Gasteiger partial charge in [-0.1, -0.05) is 41.1 Å². The molecule has 1 heterocycles. The molecule has 2 rings (SSSR count). The first kappa shape index (κ1) is 14.0. The molecule has 1 aromatic carbocycles. The van der Waals surface area contributed by atoms with Crippen molar-refractivity contribution >= 4 is 27.9 Å². The number of benzene rings is 1. The summed E-state index contributed by atoms with van der Waals surface area (Å²) >= 11 is 7.26. The quantitative estimate of drug-likeness (QED) is 0.666. The molecule has 0 bridgehead atoms. The lowest BCUT2D eigenvalue weighted by molar-refractivity contribution is -0.380. The summed E-state index contributed by atoms with van der Waals surface area (Å²) in [6.07, 6.45) is 0. The van der Waals surface area contributed by atoms with Crippen LogP contribution < -0.4 is 5.32 Å². The highest BCUT2D eigenvalue weighted by Crippen LogP contribution is 2.25. The molecule has 0 radical (unpaired) electrons. The predicted molar refractivity (Wildman–Crippen MR) is 77.7 cm³/mol. The van der Waals surface area contributed by atoms with Crippen LogP contribution in [0.5, 0.6) is 0 Å². The van der Waals surface area contributed by atoms with Gasteiger partial charge in [-0.05, 0) is 24.1 Å². The molecule has 0 saturated carbocycles. The number of nitrogens with zero attached hydrogens (tertiary/aromatic N) is 1. The van der Waals surface area contributed by atoms with E-state index in [0.29, 0.717) is 6.54 Å². The number of hydrogen-bond acceptors (Lipinski definition) is 4. The number of hydrogen-bond donors (Lipinski definition) is 1. The lowest BCUT2D eigenvalue weighted by Gasteiger charge is -2.14. The van der Waals surface area contributed by atoms with E-state index in [0.717, 1.165) is 27.5 Å². The molecule has 1 atom stereocenters. The Hall–Kier alpha value is -1.43. The largest absolute Gasteiger partial charge is 0.324 e. The first-order valence-electron chi connectivity index (χ1n) is 5.77. The fourth-order valence-corrected chi connectivity index (χ4v) is 2.79. The summed E-state index contributed by atoms with van der Waals surface area (Å²) in [4.78, 5) is 10.2. The molecule has 0 aliphatic rings. The van der Waals surface area contributed by atoms with E-state index in [1.165, 1.54) is 0 Å². The lowest BCUT2D eigenvalue weighted by Crippen LogP contribution is -2.18. The molecule has 0 fully saturated rings. The van der Waals surface area contributed by atoms with Crippen LogP contribution in [-0.2, 0) is 6.54 Å². The van der Waals surface area contributed by atoms with Crippen LogP contribution in [0.25, 0.3) is 0 Å². The van der Waals surface area contributed by atoms with Crippen molar-refractivity contribution in [2.24, 2.45) is 0 Å². The van der Waals surface area contributed by atoms with Gasteiger partial charge in [-0.15, -0.1) is 0 Å². The second-order valence-corrected chi connectivity index (χ2v) is 5.47. The van der Waals surface area contributed by atoms with E-state index in [1.54, 1.807) is 11.4 Å². The van der Waals surface area contributed by atoms with Crippen LogP contribution in [0.2, 0.25) is 5.02 Å². The molecule has 19 heavy (non-hydrogen) atoms. The van der Waals surface area contributed by atoms with Crippen LogP contribution >= 0.6 is 22.9 Å². The van der Waals surface area contributed by atoms with E-state index in [1.807, 2.05) is 31.2 Å². The maximum Gasteiger partial charge on any atom is 0.324 e. The Kier molecular flexibility index (Phi) is 4.52. The minimum atomic E-state index is -0.369. The second-order valence-electron chi connectivity index (χ2n) is 4.17. The van der Waals surface area contributed by atoms with E-state index in [4.69, 9.17) is 11.6 Å². The standard InChI is InChI=1S/C13H13ClN2O2S/c1-9(11-4-2-3-5-12(11)14)15-7-10-6-13(16(17)18)19-8-10/h2-6,8-9,15H,7H2,1H3/t9-/m0/s1. The van der Waals surface area contributed by atoms with Gasteiger partial charge in [0.15, 0.2) is 0 Å². The van der Waals surface area contributed by atoms with Crippen molar-refractivity contribution in [1.29, 1.82) is 0 Å². The van der Waals surface area contributed by atoms with E-state index < -0.39 is 0 Å². The van der Waals surface area contributed by atoms with Crippen molar-refractivity contribution in [3.63, 3.8) is 0 Å². The van der Waals surface area contributed by atoms with Gasteiger partial charge in [0.1, 0.15) is 0 Å². The number of nitro groups is 1. The van der Waals surface area contributed by atoms with Crippen LogP contribution in [0, 0.1) is 10.1 Å². The normalized spacial score (nSPS) is 12.3. The first-order valence-corrected chi connectivity index (χ1v) is 7.03. The predicted octanol–water partition coefficient (Wildman–Crippen LogP) is 4.16. The Balaban J connectivity index is 1.98. The highest BCUT2D eigenvalue weighted by molar-refractivity contribution is 7.13. The Morgan fingerprint density at radius 3 is 2.84 bits per heavy atom. The van der Waals surface area contributed by atoms with Gasteiger partial charge in [0.05, 0.1) is 4.92 Å². The van der Waals surface area contributed by atoms with Crippen LogP contribution in [-0.4, -0.2) is 4.92 Å². The molecule has 4 nitrogen and oxygen atoms in total. The monoisotopic (exact) mass is 296 g/mol. The molecule has 0 saturated heterocycles. The Morgan fingerprint density at radius 2 is 2.21 bits per heavy atom. The third kappa shape index (κ3) is 3.53. The van der Waals surface area contributed by atoms with Gasteiger partial charge in [-0.2, -0.15) is 0 Å². The highest BCUT2D eigenvalue weighted by Gasteiger charge is 2.12. The maximum absolute atomic E-state index is 10.6. The van der Waals surface area contributed by atoms with Crippen molar-refractivity contribution < 1.29 is 4.92 Å². The van der Waals surface area contributed by atoms with Crippen molar-refractivity contribution in [3.05, 3.63) is 62.0 Å². The Labute approximate surface area is 120 Å². The Bertz CT molecular complexity index is 586. The summed E-state index contributed by atoms with van der Waals surface area (Å²) in [6.45, 7) is 2.60. The molecule has 0 aliphatic heterocycles. The zero-order chi connectivity index (χ0) is 13.8. The van der Waals surface area contributed by atoms with Gasteiger partial charge in [0.25, 0.3) is 0 Å². The van der Waals surface area contributed by atoms with Gasteiger partial charge in [-0.25, -0.2) is 0 Å². The summed E-state index contributed by atoms with van der Waals surface area (Å²) < 4.78 is 0. The third-order valence-corrected chi connectivity index (χ3v) is 4.08. The van der Waals surface area contributed by atoms with Gasteiger partial charge in [0, 0.05) is 29.1 Å². The SMILES string of the molecule is C[C@H](NCc1csc([N+](=O)[O-])c1)c1ccccc1Cl. The molecule has 0 unspecified atom stereocenters. The van der Waals surface area contributed by atoms with Crippen molar-refractivity contribution in [2.75, 3.05) is 0 Å². The minimum absolute atomic E-state index is 0.0904. The molecule has 1 N–H and O–H groups in total. The van der Waals surface area contributed by atoms with Gasteiger partial charge in [-0.3, -0.25) is 10.1 Å². The fourth-order valence-electron chi connectivity index (χ4n) is 1.76. The minimum Gasteiger partial charge on any atom is -0.306 e. The van der Waals surface area contributed by atoms with E-state index >= 15 is 0 Å². The topological polar surface area (TPSA) is 55.2 Å². The first-order chi connectivity index (χ1) is 9.08. The average Bonchev–Trinajstić information content (AvgIpc) is 2.85. The highest BCUT2D eigenvalue weighted by atomic mass is 35.5. The molecule has 6 heteroatoms. The number of halogens is 1. The summed E-state index contributed by atoms with van der Waals surface area (Å²) in [5.74, 6) is 0. The zero-order valence-electron chi connectivity index (χ0n) is 10.3. The number of rotatable bonds is 5. The van der Waals surface area contributed by atoms with Crippen molar-refractivity contribution in [2.45, 2.75) is 19.5 Å². The van der Waals surface area contributed by atoms with Crippen LogP contribution in [0.4, 0.5) is 5.00 Å². The molecule has 2 aromatic rings. The number of thiophene rings is 1. The van der Waals surface area contributed by atoms with Gasteiger partial charge in [0.2, 0.25) is 0 Å². The summed E-state index contributed by atoms with van der Waals surface area (Å²) in [5, 5.41) is 16.6. The summed E-state index contributed by atoms with van der Waals surface area (Å²) in [7, 11) is 0. The Morgan fingerprint density at radius 1 is 1.47 bits per heavy atom. The second kappa shape index (κ2) is 6.14. The van der Waals surface area contributed by atoms with Crippen LogP contribution in [0.1, 0.15) is 24.1 Å². The molecule has 0 aliphatic carbocycles. The van der Waals surface area contributed by atoms with E-state index in [2.05, 4.69) is 5.32 Å². The summed E-state index contributed by atoms with van der Waals surface area (Å²) in [6, 6.07) is 9.33. The van der Waals surface area contributed by atoms with Gasteiger partial charge >= 0.3 is 5.00 Å². The molecule has 0 amide bonds. The molecule has 1 aromatic heterocycles. The van der Waals surface area contributed by atoms with Gasteiger partial charge < -0.3 is 5.32 Å². The van der Waals surface area contributed by atoms with E-state index in [9.17, 15) is 10.1 Å². The molecular formula is C13H13ClN2O2S. The van der Waals surface area contributed by atoms with Crippen LogP contribution in [0.3, 0.4) is 0 Å². The lowest BCUT2D eigenvalue weighted by atomic mass is 10.1. The fraction of sp³-hybridized carbons (Fsp3) is 0.231. The summed E-state index contributed by atoms with van der Waals surface area (Å²) in [5.41, 5.74) is 1.93. The van der Waals surface area contributed by atoms with Crippen molar-refractivity contribution in [3.8, 4) is 0 Å². The third-order valence-electron chi connectivity index (χ3n) is 2.80. The average molecular weight is 297 g/mol.